The van der Waals surface area contributed by atoms with Gasteiger partial charge in [0.1, 0.15) is 17.5 Å². The molecule has 0 unspecified atom stereocenters. The third kappa shape index (κ3) is 5.06. The third-order valence-electron chi connectivity index (χ3n) is 7.33. The second-order valence-corrected chi connectivity index (χ2v) is 12.2. The van der Waals surface area contributed by atoms with Crippen molar-refractivity contribution in [2.24, 2.45) is 0 Å². The monoisotopic (exact) mass is 550 g/mol. The van der Waals surface area contributed by atoms with E-state index in [1.165, 1.54) is 12.3 Å². The molecule has 3 heterocycles. The quantitative estimate of drug-likeness (QED) is 0.328. The maximum atomic E-state index is 15.3. The summed E-state index contributed by atoms with van der Waals surface area (Å²) < 4.78 is 59.0. The Morgan fingerprint density at radius 1 is 1.05 bits per heavy atom. The average Bonchev–Trinajstić information content (AvgIpc) is 3.75. The fourth-order valence-electron chi connectivity index (χ4n) is 5.09. The molecule has 1 aliphatic carbocycles. The molecule has 2 aromatic heterocycles. The topological polar surface area (TPSA) is 84.4 Å². The average molecular weight is 551 g/mol. The van der Waals surface area contributed by atoms with Crippen LogP contribution in [0.3, 0.4) is 0 Å². The van der Waals surface area contributed by atoms with Gasteiger partial charge < -0.3 is 15.0 Å². The van der Waals surface area contributed by atoms with E-state index < -0.39 is 21.5 Å². The first-order chi connectivity index (χ1) is 18.7. The van der Waals surface area contributed by atoms with Crippen LogP contribution in [0.4, 0.5) is 26.0 Å². The molecule has 1 saturated heterocycles. The predicted octanol–water partition coefficient (Wildman–Crippen LogP) is 5.74. The first-order valence-electron chi connectivity index (χ1n) is 12.9. The van der Waals surface area contributed by atoms with Crippen LogP contribution in [-0.2, 0) is 14.6 Å². The number of nitrogens with one attached hydrogen (secondary N) is 1. The molecule has 202 valence electrons. The molecular weight excluding hydrogens is 522 g/mol. The van der Waals surface area contributed by atoms with Gasteiger partial charge in [0.25, 0.3) is 0 Å². The highest BCUT2D eigenvalue weighted by Gasteiger charge is 2.30. The molecule has 7 nitrogen and oxygen atoms in total. The number of hydrogen-bond acceptors (Lipinski definition) is 7. The SMILES string of the molecule is Cc1c(C2CC2)nc2cc(F)cc(F)c2c1Nc1cc(N2CCOCC2)ncc1-c1ccc(S(C)(=O)=O)cc1. The molecule has 0 atom stereocenters. The van der Waals surface area contributed by atoms with Gasteiger partial charge in [0, 0.05) is 60.9 Å². The lowest BCUT2D eigenvalue weighted by atomic mass is 10.0. The van der Waals surface area contributed by atoms with E-state index in [9.17, 15) is 12.8 Å². The summed E-state index contributed by atoms with van der Waals surface area (Å²) in [4.78, 5) is 11.7. The second kappa shape index (κ2) is 9.84. The van der Waals surface area contributed by atoms with Gasteiger partial charge in [0.05, 0.1) is 40.4 Å². The Morgan fingerprint density at radius 2 is 1.77 bits per heavy atom. The van der Waals surface area contributed by atoms with Crippen molar-refractivity contribution in [1.82, 2.24) is 9.97 Å². The lowest BCUT2D eigenvalue weighted by Crippen LogP contribution is -2.36. The zero-order chi connectivity index (χ0) is 27.3. The second-order valence-electron chi connectivity index (χ2n) is 10.2. The van der Waals surface area contributed by atoms with E-state index in [4.69, 9.17) is 9.72 Å². The first kappa shape index (κ1) is 25.6. The molecule has 1 saturated carbocycles. The van der Waals surface area contributed by atoms with Crippen LogP contribution in [0.25, 0.3) is 22.0 Å². The van der Waals surface area contributed by atoms with E-state index in [1.807, 2.05) is 13.0 Å². The van der Waals surface area contributed by atoms with Gasteiger partial charge in [-0.15, -0.1) is 0 Å². The highest BCUT2D eigenvalue weighted by Crippen LogP contribution is 2.45. The molecule has 2 aromatic carbocycles. The van der Waals surface area contributed by atoms with Crippen LogP contribution in [0.15, 0.2) is 53.6 Å². The maximum Gasteiger partial charge on any atom is 0.175 e. The van der Waals surface area contributed by atoms with Crippen molar-refractivity contribution in [2.75, 3.05) is 42.8 Å². The van der Waals surface area contributed by atoms with Gasteiger partial charge in [-0.05, 0) is 43.0 Å². The highest BCUT2D eigenvalue weighted by atomic mass is 32.2. The Bertz CT molecular complexity index is 1680. The normalized spacial score (nSPS) is 16.1. The fraction of sp³-hybridized carbons (Fsp3) is 0.310. The van der Waals surface area contributed by atoms with E-state index in [2.05, 4.69) is 15.2 Å². The zero-order valence-electron chi connectivity index (χ0n) is 21.7. The number of morpholine rings is 1. The predicted molar refractivity (Wildman–Crippen MR) is 147 cm³/mol. The zero-order valence-corrected chi connectivity index (χ0v) is 22.5. The summed E-state index contributed by atoms with van der Waals surface area (Å²) in [5.74, 6) is -0.353. The highest BCUT2D eigenvalue weighted by molar-refractivity contribution is 7.90. The minimum absolute atomic E-state index is 0.216. The molecule has 0 radical (unpaired) electrons. The Kier molecular flexibility index (Phi) is 6.47. The van der Waals surface area contributed by atoms with Crippen molar-refractivity contribution in [2.45, 2.75) is 30.6 Å². The van der Waals surface area contributed by atoms with Crippen molar-refractivity contribution >= 4 is 37.9 Å². The largest absolute Gasteiger partial charge is 0.378 e. The maximum absolute atomic E-state index is 15.3. The Balaban J connectivity index is 1.52. The van der Waals surface area contributed by atoms with Crippen molar-refractivity contribution < 1.29 is 21.9 Å². The van der Waals surface area contributed by atoms with Crippen molar-refractivity contribution in [3.05, 3.63) is 71.6 Å². The van der Waals surface area contributed by atoms with E-state index in [0.717, 1.165) is 41.5 Å². The summed E-state index contributed by atoms with van der Waals surface area (Å²) in [6, 6.07) is 10.6. The number of halogens is 2. The smallest absolute Gasteiger partial charge is 0.175 e. The van der Waals surface area contributed by atoms with Crippen LogP contribution in [0.5, 0.6) is 0 Å². The van der Waals surface area contributed by atoms with Crippen molar-refractivity contribution in [1.29, 1.82) is 0 Å². The molecule has 1 N–H and O–H groups in total. The minimum atomic E-state index is -3.36. The van der Waals surface area contributed by atoms with Crippen LogP contribution < -0.4 is 10.2 Å². The van der Waals surface area contributed by atoms with Gasteiger partial charge >= 0.3 is 0 Å². The van der Waals surface area contributed by atoms with Gasteiger partial charge in [0.15, 0.2) is 9.84 Å². The number of ether oxygens (including phenoxy) is 1. The number of anilines is 3. The van der Waals surface area contributed by atoms with Gasteiger partial charge in [0.2, 0.25) is 0 Å². The summed E-state index contributed by atoms with van der Waals surface area (Å²) in [6.45, 7) is 4.47. The number of fused-ring (bicyclic) bond motifs is 1. The fourth-order valence-corrected chi connectivity index (χ4v) is 5.73. The van der Waals surface area contributed by atoms with Crippen molar-refractivity contribution in [3.8, 4) is 11.1 Å². The minimum Gasteiger partial charge on any atom is -0.378 e. The third-order valence-corrected chi connectivity index (χ3v) is 8.45. The van der Waals surface area contributed by atoms with Crippen molar-refractivity contribution in [3.63, 3.8) is 0 Å². The van der Waals surface area contributed by atoms with Gasteiger partial charge in [-0.3, -0.25) is 4.98 Å². The van der Waals surface area contributed by atoms with Crippen LogP contribution in [0.2, 0.25) is 0 Å². The molecule has 10 heteroatoms. The van der Waals surface area contributed by atoms with Crippen LogP contribution in [0.1, 0.15) is 30.0 Å². The molecule has 2 fully saturated rings. The molecule has 39 heavy (non-hydrogen) atoms. The van der Waals surface area contributed by atoms with E-state index in [0.29, 0.717) is 43.2 Å². The first-order valence-corrected chi connectivity index (χ1v) is 14.8. The van der Waals surface area contributed by atoms with E-state index in [1.54, 1.807) is 30.5 Å². The number of pyridine rings is 2. The van der Waals surface area contributed by atoms with E-state index in [-0.39, 0.29) is 21.7 Å². The Labute approximate surface area is 225 Å². The summed E-state index contributed by atoms with van der Waals surface area (Å²) >= 11 is 0. The van der Waals surface area contributed by atoms with Crippen LogP contribution >= 0.6 is 0 Å². The summed E-state index contributed by atoms with van der Waals surface area (Å²) in [6.07, 6.45) is 4.88. The molecule has 0 bridgehead atoms. The Hall–Kier alpha value is -3.63. The molecule has 0 amide bonds. The van der Waals surface area contributed by atoms with Crippen LogP contribution in [0, 0.1) is 18.6 Å². The molecule has 1 aliphatic heterocycles. The summed E-state index contributed by atoms with van der Waals surface area (Å²) in [7, 11) is -3.36. The number of aromatic nitrogens is 2. The molecule has 0 spiro atoms. The molecular formula is C29H28F2N4O3S. The number of sulfone groups is 1. The lowest BCUT2D eigenvalue weighted by Gasteiger charge is -2.28. The number of hydrogen-bond donors (Lipinski definition) is 1. The molecule has 6 rings (SSSR count). The number of rotatable bonds is 6. The van der Waals surface area contributed by atoms with Crippen LogP contribution in [-0.4, -0.2) is 50.9 Å². The molecule has 4 aromatic rings. The number of benzene rings is 2. The van der Waals surface area contributed by atoms with Gasteiger partial charge in [-0.25, -0.2) is 22.2 Å². The number of nitrogens with zero attached hydrogens (tertiary/aromatic N) is 3. The van der Waals surface area contributed by atoms with E-state index >= 15 is 4.39 Å². The summed E-state index contributed by atoms with van der Waals surface area (Å²) in [5, 5.41) is 3.69. The van der Waals surface area contributed by atoms with Gasteiger partial charge in [-0.1, -0.05) is 12.1 Å². The standard InChI is InChI=1S/C29H28F2N4O3S/c1-17-28(19-3-4-19)34-25-14-20(30)13-23(31)27(25)29(17)33-24-15-26(35-9-11-38-12-10-35)32-16-22(24)18-5-7-21(8-6-18)39(2,36)37/h5-8,13-16,19H,3-4,9-12H2,1-2H3,(H,32,33,34). The molecule has 2 aliphatic rings. The Morgan fingerprint density at radius 3 is 2.44 bits per heavy atom. The lowest BCUT2D eigenvalue weighted by molar-refractivity contribution is 0.122. The van der Waals surface area contributed by atoms with Gasteiger partial charge in [-0.2, -0.15) is 0 Å². The summed E-state index contributed by atoms with van der Waals surface area (Å²) in [5.41, 5.74) is 4.59.